The highest BCUT2D eigenvalue weighted by Gasteiger charge is 2.35. The van der Waals surface area contributed by atoms with Crippen LogP contribution in [0.15, 0.2) is 48.8 Å². The van der Waals surface area contributed by atoms with Crippen molar-refractivity contribution >= 4 is 11.6 Å². The highest BCUT2D eigenvalue weighted by Crippen LogP contribution is 2.28. The molecule has 1 aliphatic heterocycles. The van der Waals surface area contributed by atoms with Gasteiger partial charge in [0, 0.05) is 25.5 Å². The summed E-state index contributed by atoms with van der Waals surface area (Å²) in [5, 5.41) is 0. The van der Waals surface area contributed by atoms with Crippen LogP contribution in [0, 0.1) is 0 Å². The van der Waals surface area contributed by atoms with Crippen molar-refractivity contribution in [3.05, 3.63) is 54.4 Å². The number of primary amides is 1. The Bertz CT molecular complexity index is 734. The first-order valence-electron chi connectivity index (χ1n) is 8.29. The average Bonchev–Trinajstić information content (AvgIpc) is 2.59. The van der Waals surface area contributed by atoms with Crippen LogP contribution in [0.2, 0.25) is 0 Å². The number of nitrogens with zero attached hydrogens (tertiary/aromatic N) is 2. The van der Waals surface area contributed by atoms with Crippen LogP contribution in [0.4, 0.5) is 5.69 Å². The van der Waals surface area contributed by atoms with Gasteiger partial charge in [-0.2, -0.15) is 0 Å². The zero-order valence-electron chi connectivity index (χ0n) is 14.5. The Kier molecular flexibility index (Phi) is 4.90. The maximum absolute atomic E-state index is 11.7. The van der Waals surface area contributed by atoms with Gasteiger partial charge in [-0.15, -0.1) is 0 Å². The zero-order chi connectivity index (χ0) is 17.9. The van der Waals surface area contributed by atoms with Gasteiger partial charge in [-0.3, -0.25) is 9.78 Å². The number of rotatable bonds is 5. The van der Waals surface area contributed by atoms with Crippen LogP contribution in [0.3, 0.4) is 0 Å². The molecule has 1 aromatic heterocycles. The van der Waals surface area contributed by atoms with Gasteiger partial charge in [-0.25, -0.2) is 0 Å². The summed E-state index contributed by atoms with van der Waals surface area (Å²) in [5.41, 5.74) is 6.32. The van der Waals surface area contributed by atoms with Crippen molar-refractivity contribution in [1.29, 1.82) is 0 Å². The van der Waals surface area contributed by atoms with Crippen molar-refractivity contribution in [2.45, 2.75) is 25.6 Å². The van der Waals surface area contributed by atoms with E-state index in [0.717, 1.165) is 11.4 Å². The van der Waals surface area contributed by atoms with E-state index in [9.17, 15) is 4.79 Å². The van der Waals surface area contributed by atoms with E-state index in [4.69, 9.17) is 15.2 Å². The van der Waals surface area contributed by atoms with Gasteiger partial charge in [-0.05, 0) is 32.0 Å². The number of anilines is 1. The van der Waals surface area contributed by atoms with Gasteiger partial charge in [0.1, 0.15) is 18.5 Å². The Hall–Kier alpha value is -2.60. The normalized spacial score (nSPS) is 19.4. The number of carbonyl (C=O) groups excluding carboxylic acids is 1. The van der Waals surface area contributed by atoms with Gasteiger partial charge >= 0.3 is 0 Å². The molecule has 1 unspecified atom stereocenters. The minimum absolute atomic E-state index is 0.127. The van der Waals surface area contributed by atoms with Gasteiger partial charge < -0.3 is 20.1 Å². The molecule has 3 rings (SSSR count). The molecule has 2 aromatic rings. The van der Waals surface area contributed by atoms with Gasteiger partial charge in [0.15, 0.2) is 0 Å². The number of carbonyl (C=O) groups is 1. The van der Waals surface area contributed by atoms with Crippen molar-refractivity contribution in [3.8, 4) is 5.75 Å². The van der Waals surface area contributed by atoms with E-state index >= 15 is 0 Å². The summed E-state index contributed by atoms with van der Waals surface area (Å²) in [4.78, 5) is 17.8. The van der Waals surface area contributed by atoms with E-state index in [2.05, 4.69) is 9.88 Å². The van der Waals surface area contributed by atoms with Crippen molar-refractivity contribution in [2.75, 3.05) is 24.6 Å². The maximum Gasteiger partial charge on any atom is 0.252 e. The largest absolute Gasteiger partial charge is 0.491 e. The molecule has 2 heterocycles. The third kappa shape index (κ3) is 4.28. The first kappa shape index (κ1) is 17.2. The quantitative estimate of drug-likeness (QED) is 0.902. The summed E-state index contributed by atoms with van der Waals surface area (Å²) in [7, 11) is 0. The summed E-state index contributed by atoms with van der Waals surface area (Å²) in [6.07, 6.45) is 3.05. The van der Waals surface area contributed by atoms with Crippen LogP contribution < -0.4 is 15.4 Å². The molecule has 2 N–H and O–H groups in total. The molecule has 0 radical (unpaired) electrons. The summed E-state index contributed by atoms with van der Waals surface area (Å²) in [6.45, 7) is 5.75. The predicted molar refractivity (Wildman–Crippen MR) is 95.9 cm³/mol. The van der Waals surface area contributed by atoms with E-state index < -0.39 is 5.91 Å². The standard InChI is InChI=1S/C19H23N3O3/c1-19(2)13-22(17-8-9-21-10-16(17)18(20)23)11-15(25-19)12-24-14-6-4-3-5-7-14/h3-10,15H,11-13H2,1-2H3,(H2,20,23). The second-order valence-electron chi connectivity index (χ2n) is 6.76. The summed E-state index contributed by atoms with van der Waals surface area (Å²) < 4.78 is 12.0. The Morgan fingerprint density at radius 3 is 2.84 bits per heavy atom. The Balaban J connectivity index is 1.76. The fourth-order valence-electron chi connectivity index (χ4n) is 3.12. The van der Waals surface area contributed by atoms with Crippen LogP contribution in [-0.4, -0.2) is 42.3 Å². The molecule has 1 aromatic carbocycles. The van der Waals surface area contributed by atoms with Gasteiger partial charge in [0.2, 0.25) is 0 Å². The number of nitrogens with two attached hydrogens (primary N) is 1. The zero-order valence-corrected chi connectivity index (χ0v) is 14.5. The maximum atomic E-state index is 11.7. The van der Waals surface area contributed by atoms with E-state index in [1.165, 1.54) is 6.20 Å². The molecule has 0 aliphatic carbocycles. The number of amides is 1. The third-order valence-electron chi connectivity index (χ3n) is 4.06. The van der Waals surface area contributed by atoms with Crippen LogP contribution in [-0.2, 0) is 4.74 Å². The second kappa shape index (κ2) is 7.11. The average molecular weight is 341 g/mol. The number of benzene rings is 1. The predicted octanol–water partition coefficient (Wildman–Crippen LogP) is 2.24. The molecule has 6 nitrogen and oxygen atoms in total. The van der Waals surface area contributed by atoms with Crippen LogP contribution >= 0.6 is 0 Å². The minimum Gasteiger partial charge on any atom is -0.491 e. The van der Waals surface area contributed by atoms with Gasteiger partial charge in [0.05, 0.1) is 16.9 Å². The summed E-state index contributed by atoms with van der Waals surface area (Å²) in [5.74, 6) is 0.326. The molecular weight excluding hydrogens is 318 g/mol. The van der Waals surface area contributed by atoms with Crippen LogP contribution in [0.5, 0.6) is 5.75 Å². The third-order valence-corrected chi connectivity index (χ3v) is 4.06. The fourth-order valence-corrected chi connectivity index (χ4v) is 3.12. The monoisotopic (exact) mass is 341 g/mol. The summed E-state index contributed by atoms with van der Waals surface area (Å²) in [6, 6.07) is 11.5. The lowest BCUT2D eigenvalue weighted by molar-refractivity contribution is -0.0970. The van der Waals surface area contributed by atoms with E-state index in [0.29, 0.717) is 25.3 Å². The molecule has 1 saturated heterocycles. The number of hydrogen-bond donors (Lipinski definition) is 1. The molecule has 1 atom stereocenters. The molecular formula is C19H23N3O3. The Morgan fingerprint density at radius 1 is 1.36 bits per heavy atom. The van der Waals surface area contributed by atoms with Crippen molar-refractivity contribution < 1.29 is 14.3 Å². The Labute approximate surface area is 147 Å². The second-order valence-corrected chi connectivity index (χ2v) is 6.76. The number of aromatic nitrogens is 1. The van der Waals surface area contributed by atoms with Gasteiger partial charge in [0.25, 0.3) is 5.91 Å². The topological polar surface area (TPSA) is 77.7 Å². The molecule has 6 heteroatoms. The molecule has 25 heavy (non-hydrogen) atoms. The lowest BCUT2D eigenvalue weighted by Crippen LogP contribution is -2.54. The smallest absolute Gasteiger partial charge is 0.252 e. The Morgan fingerprint density at radius 2 is 2.12 bits per heavy atom. The first-order chi connectivity index (χ1) is 11.9. The molecule has 132 valence electrons. The number of pyridine rings is 1. The van der Waals surface area contributed by atoms with Gasteiger partial charge in [-0.1, -0.05) is 18.2 Å². The fraction of sp³-hybridized carbons (Fsp3) is 0.368. The summed E-state index contributed by atoms with van der Waals surface area (Å²) >= 11 is 0. The van der Waals surface area contributed by atoms with Crippen LogP contribution in [0.25, 0.3) is 0 Å². The molecule has 1 fully saturated rings. The van der Waals surface area contributed by atoms with Crippen LogP contribution in [0.1, 0.15) is 24.2 Å². The lowest BCUT2D eigenvalue weighted by Gasteiger charge is -2.44. The number of para-hydroxylation sites is 1. The molecule has 1 aliphatic rings. The highest BCUT2D eigenvalue weighted by atomic mass is 16.5. The highest BCUT2D eigenvalue weighted by molar-refractivity contribution is 5.98. The van der Waals surface area contributed by atoms with E-state index in [1.54, 1.807) is 6.20 Å². The number of morpholine rings is 1. The minimum atomic E-state index is -0.482. The van der Waals surface area contributed by atoms with E-state index in [-0.39, 0.29) is 11.7 Å². The SMILES string of the molecule is CC1(C)CN(c2ccncc2C(N)=O)CC(COc2ccccc2)O1. The van der Waals surface area contributed by atoms with Crippen molar-refractivity contribution in [3.63, 3.8) is 0 Å². The number of hydrogen-bond acceptors (Lipinski definition) is 5. The van der Waals surface area contributed by atoms with Crippen molar-refractivity contribution in [1.82, 2.24) is 4.98 Å². The number of ether oxygens (including phenoxy) is 2. The first-order valence-corrected chi connectivity index (χ1v) is 8.29. The molecule has 0 saturated carbocycles. The molecule has 0 bridgehead atoms. The van der Waals surface area contributed by atoms with E-state index in [1.807, 2.05) is 50.2 Å². The van der Waals surface area contributed by atoms with Crippen molar-refractivity contribution in [2.24, 2.45) is 5.73 Å². The molecule has 0 spiro atoms. The lowest BCUT2D eigenvalue weighted by atomic mass is 10.0. The molecule has 1 amide bonds.